The van der Waals surface area contributed by atoms with Crippen molar-refractivity contribution in [2.45, 2.75) is 32.3 Å². The lowest BCUT2D eigenvalue weighted by atomic mass is 10.3. The Balaban J connectivity index is 0.000000218. The zero-order valence-electron chi connectivity index (χ0n) is 10.6. The van der Waals surface area contributed by atoms with Crippen molar-refractivity contribution < 1.29 is 23.9 Å². The van der Waals surface area contributed by atoms with E-state index in [1.54, 1.807) is 0 Å². The third-order valence-corrected chi connectivity index (χ3v) is 2.38. The molecule has 7 nitrogen and oxygen atoms in total. The summed E-state index contributed by atoms with van der Waals surface area (Å²) in [5.74, 6) is -1.19. The summed E-state index contributed by atoms with van der Waals surface area (Å²) in [7, 11) is 0. The van der Waals surface area contributed by atoms with E-state index in [9.17, 15) is 19.2 Å². The Morgan fingerprint density at radius 1 is 1.16 bits per heavy atom. The van der Waals surface area contributed by atoms with Crippen LogP contribution in [0.4, 0.5) is 0 Å². The molecule has 1 atom stereocenters. The van der Waals surface area contributed by atoms with Crippen LogP contribution in [0.3, 0.4) is 0 Å². The van der Waals surface area contributed by atoms with E-state index in [-0.39, 0.29) is 30.0 Å². The Kier molecular flexibility index (Phi) is 5.87. The molecule has 0 spiro atoms. The molecule has 1 fully saturated rings. The minimum atomic E-state index is -0.538. The molecule has 2 heterocycles. The van der Waals surface area contributed by atoms with Crippen molar-refractivity contribution in [1.29, 1.82) is 0 Å². The molecule has 4 amide bonds. The van der Waals surface area contributed by atoms with Crippen LogP contribution < -0.4 is 10.6 Å². The second-order valence-electron chi connectivity index (χ2n) is 4.02. The first-order chi connectivity index (χ1) is 9.02. The van der Waals surface area contributed by atoms with Crippen LogP contribution in [0.15, 0.2) is 12.2 Å². The summed E-state index contributed by atoms with van der Waals surface area (Å²) >= 11 is 0. The maximum atomic E-state index is 10.9. The van der Waals surface area contributed by atoms with Gasteiger partial charge in [0, 0.05) is 18.8 Å². The van der Waals surface area contributed by atoms with Gasteiger partial charge < -0.3 is 4.74 Å². The standard InChI is InChI=1S/C8H13NO3.C4H3NO2/c1-2-3-4-12-6-5-7(10)9-8(6)11;6-3-1-2-4(7)5-3/h6H,2-5H2,1H3,(H,9,10,11);1-2H,(H,5,6,7). The second-order valence-corrected chi connectivity index (χ2v) is 4.02. The van der Waals surface area contributed by atoms with E-state index >= 15 is 0 Å². The fourth-order valence-electron chi connectivity index (χ4n) is 1.39. The number of carbonyl (C=O) groups excluding carboxylic acids is 4. The average Bonchev–Trinajstić information content (AvgIpc) is 2.86. The zero-order chi connectivity index (χ0) is 14.3. The van der Waals surface area contributed by atoms with Crippen LogP contribution in [0.5, 0.6) is 0 Å². The smallest absolute Gasteiger partial charge is 0.256 e. The summed E-state index contributed by atoms with van der Waals surface area (Å²) in [5.41, 5.74) is 0. The lowest BCUT2D eigenvalue weighted by Gasteiger charge is -2.06. The van der Waals surface area contributed by atoms with E-state index in [2.05, 4.69) is 5.32 Å². The number of carbonyl (C=O) groups is 4. The summed E-state index contributed by atoms with van der Waals surface area (Å²) in [6.45, 7) is 2.60. The van der Waals surface area contributed by atoms with Crippen molar-refractivity contribution in [2.24, 2.45) is 0 Å². The van der Waals surface area contributed by atoms with Gasteiger partial charge in [0.1, 0.15) is 6.10 Å². The lowest BCUT2D eigenvalue weighted by Crippen LogP contribution is -2.26. The molecule has 2 N–H and O–H groups in total. The monoisotopic (exact) mass is 268 g/mol. The highest BCUT2D eigenvalue weighted by molar-refractivity contribution is 6.12. The van der Waals surface area contributed by atoms with Crippen LogP contribution in [-0.4, -0.2) is 36.3 Å². The Morgan fingerprint density at radius 2 is 1.79 bits per heavy atom. The normalized spacial score (nSPS) is 21.0. The van der Waals surface area contributed by atoms with Gasteiger partial charge in [-0.3, -0.25) is 29.8 Å². The minimum absolute atomic E-state index is 0.183. The lowest BCUT2D eigenvalue weighted by molar-refractivity contribution is -0.130. The number of hydrogen-bond acceptors (Lipinski definition) is 5. The maximum Gasteiger partial charge on any atom is 0.256 e. The largest absolute Gasteiger partial charge is 0.368 e. The van der Waals surface area contributed by atoms with Crippen LogP contribution >= 0.6 is 0 Å². The first-order valence-electron chi connectivity index (χ1n) is 6.01. The van der Waals surface area contributed by atoms with Gasteiger partial charge in [0.2, 0.25) is 5.91 Å². The van der Waals surface area contributed by atoms with Gasteiger partial charge >= 0.3 is 0 Å². The minimum Gasteiger partial charge on any atom is -0.368 e. The van der Waals surface area contributed by atoms with E-state index in [4.69, 9.17) is 4.74 Å². The molecule has 19 heavy (non-hydrogen) atoms. The number of ether oxygens (including phenoxy) is 1. The average molecular weight is 268 g/mol. The second kappa shape index (κ2) is 7.42. The number of unbranched alkanes of at least 4 members (excludes halogenated alkanes) is 1. The molecule has 0 aliphatic carbocycles. The van der Waals surface area contributed by atoms with Gasteiger partial charge in [-0.1, -0.05) is 13.3 Å². The highest BCUT2D eigenvalue weighted by Gasteiger charge is 2.30. The van der Waals surface area contributed by atoms with E-state index in [1.807, 2.05) is 12.2 Å². The molecule has 2 rings (SSSR count). The molecule has 0 saturated carbocycles. The number of amides is 4. The third-order valence-electron chi connectivity index (χ3n) is 2.38. The van der Waals surface area contributed by atoms with Crippen molar-refractivity contribution in [1.82, 2.24) is 10.6 Å². The van der Waals surface area contributed by atoms with Gasteiger partial charge in [-0.25, -0.2) is 0 Å². The van der Waals surface area contributed by atoms with Crippen molar-refractivity contribution >= 4 is 23.6 Å². The summed E-state index contributed by atoms with van der Waals surface area (Å²) in [5, 5.41) is 4.22. The van der Waals surface area contributed by atoms with Crippen LogP contribution in [-0.2, 0) is 23.9 Å². The third kappa shape index (κ3) is 5.43. The molecule has 0 radical (unpaired) electrons. The first kappa shape index (κ1) is 15.0. The van der Waals surface area contributed by atoms with Crippen LogP contribution in [0.1, 0.15) is 26.2 Å². The molecule has 0 aromatic carbocycles. The van der Waals surface area contributed by atoms with Crippen LogP contribution in [0, 0.1) is 0 Å². The molecule has 2 aliphatic rings. The Morgan fingerprint density at radius 3 is 2.16 bits per heavy atom. The maximum absolute atomic E-state index is 10.9. The van der Waals surface area contributed by atoms with Crippen molar-refractivity contribution in [3.05, 3.63) is 12.2 Å². The summed E-state index contributed by atoms with van der Waals surface area (Å²) in [6.07, 6.45) is 4.00. The predicted octanol–water partition coefficient (Wildman–Crippen LogP) is -0.583. The molecule has 1 saturated heterocycles. The summed E-state index contributed by atoms with van der Waals surface area (Å²) in [4.78, 5) is 41.7. The number of hydrogen-bond donors (Lipinski definition) is 2. The number of nitrogens with one attached hydrogen (secondary N) is 2. The van der Waals surface area contributed by atoms with Gasteiger partial charge in [0.05, 0.1) is 6.42 Å². The molecule has 1 unspecified atom stereocenters. The van der Waals surface area contributed by atoms with E-state index in [0.29, 0.717) is 6.61 Å². The van der Waals surface area contributed by atoms with Gasteiger partial charge in [0.15, 0.2) is 0 Å². The predicted molar refractivity (Wildman–Crippen MR) is 64.7 cm³/mol. The van der Waals surface area contributed by atoms with Crippen LogP contribution in [0.2, 0.25) is 0 Å². The molecular formula is C12H16N2O5. The zero-order valence-corrected chi connectivity index (χ0v) is 10.6. The van der Waals surface area contributed by atoms with Gasteiger partial charge in [-0.2, -0.15) is 0 Å². The fourth-order valence-corrected chi connectivity index (χ4v) is 1.39. The molecule has 7 heteroatoms. The SMILES string of the molecule is CCCCOC1CC(=O)NC1=O.O=C1C=CC(=O)N1. The Hall–Kier alpha value is -2.02. The number of imide groups is 2. The Labute approximate surface area is 110 Å². The molecule has 0 aromatic heterocycles. The van der Waals surface area contributed by atoms with E-state index < -0.39 is 6.10 Å². The topological polar surface area (TPSA) is 102 Å². The highest BCUT2D eigenvalue weighted by Crippen LogP contribution is 2.06. The van der Waals surface area contributed by atoms with E-state index in [0.717, 1.165) is 12.8 Å². The molecule has 104 valence electrons. The Bertz CT molecular complexity index is 400. The quantitative estimate of drug-likeness (QED) is 0.524. The van der Waals surface area contributed by atoms with Crippen molar-refractivity contribution in [2.75, 3.05) is 6.61 Å². The molecule has 0 bridgehead atoms. The van der Waals surface area contributed by atoms with Gasteiger partial charge in [-0.05, 0) is 6.42 Å². The van der Waals surface area contributed by atoms with Gasteiger partial charge in [0.25, 0.3) is 17.7 Å². The summed E-state index contributed by atoms with van der Waals surface area (Å²) < 4.78 is 5.19. The first-order valence-corrected chi connectivity index (χ1v) is 6.01. The van der Waals surface area contributed by atoms with Crippen molar-refractivity contribution in [3.63, 3.8) is 0 Å². The molecular weight excluding hydrogens is 252 g/mol. The molecule has 0 aromatic rings. The van der Waals surface area contributed by atoms with Gasteiger partial charge in [-0.15, -0.1) is 0 Å². The fraction of sp³-hybridized carbons (Fsp3) is 0.500. The van der Waals surface area contributed by atoms with Crippen LogP contribution in [0.25, 0.3) is 0 Å². The summed E-state index contributed by atoms with van der Waals surface area (Å²) in [6, 6.07) is 0. The molecule has 2 aliphatic heterocycles. The number of rotatable bonds is 4. The van der Waals surface area contributed by atoms with E-state index in [1.165, 1.54) is 12.2 Å². The van der Waals surface area contributed by atoms with Crippen molar-refractivity contribution in [3.8, 4) is 0 Å². The highest BCUT2D eigenvalue weighted by atomic mass is 16.5.